The minimum absolute atomic E-state index is 0.266. The molecule has 0 spiro atoms. The van der Waals surface area contributed by atoms with Gasteiger partial charge >= 0.3 is 12.1 Å². The van der Waals surface area contributed by atoms with Crippen molar-refractivity contribution in [2.75, 3.05) is 44.8 Å². The second kappa shape index (κ2) is 15.0. The number of anilines is 2. The third-order valence-electron chi connectivity index (χ3n) is 5.64. The summed E-state index contributed by atoms with van der Waals surface area (Å²) in [4.78, 5) is 33.0. The number of amides is 1. The Bertz CT molecular complexity index is 1690. The van der Waals surface area contributed by atoms with Crippen molar-refractivity contribution in [3.8, 4) is 17.3 Å². The molecule has 0 fully saturated rings. The number of hydrogen-bond acceptors (Lipinski definition) is 10. The van der Waals surface area contributed by atoms with Crippen molar-refractivity contribution in [3.63, 3.8) is 0 Å². The molecule has 0 unspecified atom stereocenters. The first-order valence-electron chi connectivity index (χ1n) is 12.7. The fourth-order valence-electron chi connectivity index (χ4n) is 3.56. The van der Waals surface area contributed by atoms with Crippen LogP contribution in [0, 0.1) is 11.3 Å². The van der Waals surface area contributed by atoms with E-state index in [0.29, 0.717) is 63.6 Å². The van der Waals surface area contributed by atoms with Crippen LogP contribution in [0.1, 0.15) is 26.8 Å². The number of nitriles is 1. The van der Waals surface area contributed by atoms with Gasteiger partial charge in [0.1, 0.15) is 16.5 Å². The van der Waals surface area contributed by atoms with Crippen LogP contribution >= 0.6 is 34.5 Å². The Kier molecular flexibility index (Phi) is 11.7. The van der Waals surface area contributed by atoms with E-state index in [4.69, 9.17) is 49.1 Å². The van der Waals surface area contributed by atoms with Gasteiger partial charge in [-0.2, -0.15) is 23.5 Å². The van der Waals surface area contributed by atoms with Crippen LogP contribution < -0.4 is 16.4 Å². The quantitative estimate of drug-likeness (QED) is 0.175. The summed E-state index contributed by atoms with van der Waals surface area (Å²) in [6, 6.07) is 8.94. The predicted octanol–water partition coefficient (Wildman–Crippen LogP) is 4.58. The lowest BCUT2D eigenvalue weighted by molar-refractivity contribution is -0.192. The molecular formula is C26H26Cl2F3N9O3S. The van der Waals surface area contributed by atoms with Crippen molar-refractivity contribution in [1.82, 2.24) is 29.8 Å². The third-order valence-corrected chi connectivity index (χ3v) is 7.22. The second-order valence-electron chi connectivity index (χ2n) is 9.28. The van der Waals surface area contributed by atoms with Gasteiger partial charge in [-0.05, 0) is 38.7 Å². The van der Waals surface area contributed by atoms with Gasteiger partial charge in [-0.15, -0.1) is 11.3 Å². The van der Waals surface area contributed by atoms with E-state index in [1.165, 1.54) is 11.3 Å². The predicted molar refractivity (Wildman–Crippen MR) is 161 cm³/mol. The van der Waals surface area contributed by atoms with E-state index >= 15 is 0 Å². The number of aryl methyl sites for hydroxylation is 1. The number of likely N-dealkylation sites (N-methyl/N-ethyl adjacent to an activating group) is 1. The van der Waals surface area contributed by atoms with Crippen LogP contribution in [0.2, 0.25) is 10.0 Å². The van der Waals surface area contributed by atoms with Crippen LogP contribution in [-0.4, -0.2) is 81.4 Å². The Labute approximate surface area is 263 Å². The maximum atomic E-state index is 12.7. The van der Waals surface area contributed by atoms with Crippen LogP contribution in [0.15, 0.2) is 30.5 Å². The lowest BCUT2D eigenvalue weighted by Crippen LogP contribution is -2.31. The number of carbonyl (C=O) groups excluding carboxylic acids is 1. The first-order valence-corrected chi connectivity index (χ1v) is 14.2. The summed E-state index contributed by atoms with van der Waals surface area (Å²) >= 11 is 13.8. The molecule has 0 atom stereocenters. The maximum absolute atomic E-state index is 12.7. The van der Waals surface area contributed by atoms with Crippen molar-refractivity contribution < 1.29 is 27.9 Å². The Morgan fingerprint density at radius 1 is 1.20 bits per heavy atom. The summed E-state index contributed by atoms with van der Waals surface area (Å²) in [6.45, 7) is 1.79. The lowest BCUT2D eigenvalue weighted by atomic mass is 10.1. The Hall–Kier alpha value is -4.17. The average molecular weight is 673 g/mol. The first kappa shape index (κ1) is 34.3. The van der Waals surface area contributed by atoms with Crippen molar-refractivity contribution in [1.29, 1.82) is 5.26 Å². The van der Waals surface area contributed by atoms with E-state index in [0.717, 1.165) is 11.4 Å². The van der Waals surface area contributed by atoms with Crippen molar-refractivity contribution in [2.24, 2.45) is 0 Å². The van der Waals surface area contributed by atoms with Gasteiger partial charge in [-0.1, -0.05) is 23.2 Å². The molecule has 0 saturated heterocycles. The molecule has 12 nitrogen and oxygen atoms in total. The minimum atomic E-state index is -5.08. The van der Waals surface area contributed by atoms with Gasteiger partial charge < -0.3 is 26.4 Å². The molecule has 0 aliphatic rings. The van der Waals surface area contributed by atoms with E-state index in [1.807, 2.05) is 19.0 Å². The second-order valence-corrected chi connectivity index (χ2v) is 11.2. The molecule has 0 radical (unpaired) electrons. The van der Waals surface area contributed by atoms with E-state index in [2.05, 4.69) is 26.8 Å². The summed E-state index contributed by atoms with van der Waals surface area (Å²) in [5.74, 6) is -2.20. The number of fused-ring (bicyclic) bond motifs is 1. The number of rotatable bonds is 10. The molecule has 0 aliphatic carbocycles. The Balaban J connectivity index is 0.000000676. The largest absolute Gasteiger partial charge is 0.490 e. The number of aromatic nitrogens is 4. The normalized spacial score (nSPS) is 11.2. The van der Waals surface area contributed by atoms with E-state index in [1.54, 1.807) is 35.0 Å². The van der Waals surface area contributed by atoms with E-state index in [9.17, 15) is 18.0 Å². The molecule has 234 valence electrons. The van der Waals surface area contributed by atoms with Crippen LogP contribution in [0.4, 0.5) is 24.8 Å². The van der Waals surface area contributed by atoms with Gasteiger partial charge in [-0.3, -0.25) is 4.79 Å². The number of carboxylic acids is 1. The number of carboxylic acid groups (broad SMARTS) is 1. The van der Waals surface area contributed by atoms with Crippen LogP contribution in [0.3, 0.4) is 0 Å². The number of nitrogens with two attached hydrogens (primary N) is 1. The fraction of sp³-hybridized carbons (Fsp3) is 0.308. The van der Waals surface area contributed by atoms with Gasteiger partial charge in [0.05, 0.1) is 21.9 Å². The van der Waals surface area contributed by atoms with Gasteiger partial charge in [0, 0.05) is 42.7 Å². The highest BCUT2D eigenvalue weighted by molar-refractivity contribution is 7.12. The molecule has 0 saturated carbocycles. The van der Waals surface area contributed by atoms with Crippen LogP contribution in [0.5, 0.6) is 0 Å². The SMILES string of the molecule is CN(C)CCNC(=O)c1cc2c(NCCCc3nc(N)c(C#N)s3)nc(-c3ccc(Cl)cc3Cl)cn2n1.O=C(O)C(F)(F)F. The Morgan fingerprint density at radius 3 is 2.50 bits per heavy atom. The number of benzene rings is 1. The molecule has 4 aromatic rings. The average Bonchev–Trinajstić information content (AvgIpc) is 3.53. The smallest absolute Gasteiger partial charge is 0.475 e. The zero-order valence-corrected chi connectivity index (χ0v) is 25.6. The molecule has 3 heterocycles. The molecule has 1 amide bonds. The number of hydrogen-bond donors (Lipinski definition) is 4. The number of nitrogens with one attached hydrogen (secondary N) is 2. The summed E-state index contributed by atoms with van der Waals surface area (Å²) in [5.41, 5.74) is 7.96. The summed E-state index contributed by atoms with van der Waals surface area (Å²) in [5, 5.41) is 28.7. The maximum Gasteiger partial charge on any atom is 0.490 e. The molecule has 1 aromatic carbocycles. The van der Waals surface area contributed by atoms with E-state index in [-0.39, 0.29) is 17.4 Å². The molecule has 5 N–H and O–H groups in total. The molecule has 18 heteroatoms. The number of thiazole rings is 1. The molecule has 44 heavy (non-hydrogen) atoms. The van der Waals surface area contributed by atoms with Gasteiger partial charge in [-0.25, -0.2) is 19.3 Å². The van der Waals surface area contributed by atoms with Crippen molar-refractivity contribution in [2.45, 2.75) is 19.0 Å². The summed E-state index contributed by atoms with van der Waals surface area (Å²) < 4.78 is 33.4. The third kappa shape index (κ3) is 9.41. The topological polar surface area (TPSA) is 175 Å². The summed E-state index contributed by atoms with van der Waals surface area (Å²) in [6.07, 6.45) is -1.97. The number of nitrogens with zero attached hydrogens (tertiary/aromatic N) is 6. The van der Waals surface area contributed by atoms with Crippen molar-refractivity contribution in [3.05, 3.63) is 56.1 Å². The fourth-order valence-corrected chi connectivity index (χ4v) is 4.88. The van der Waals surface area contributed by atoms with Gasteiger partial charge in [0.15, 0.2) is 17.3 Å². The highest BCUT2D eigenvalue weighted by Gasteiger charge is 2.38. The van der Waals surface area contributed by atoms with Gasteiger partial charge in [0.2, 0.25) is 0 Å². The van der Waals surface area contributed by atoms with Crippen LogP contribution in [-0.2, 0) is 11.2 Å². The zero-order chi connectivity index (χ0) is 32.6. The van der Waals surface area contributed by atoms with Crippen LogP contribution in [0.25, 0.3) is 16.8 Å². The molecule has 4 rings (SSSR count). The number of alkyl halides is 3. The highest BCUT2D eigenvalue weighted by atomic mass is 35.5. The minimum Gasteiger partial charge on any atom is -0.475 e. The van der Waals surface area contributed by atoms with Gasteiger partial charge in [0.25, 0.3) is 5.91 Å². The molecule has 0 aliphatic heterocycles. The zero-order valence-electron chi connectivity index (χ0n) is 23.2. The van der Waals surface area contributed by atoms with E-state index < -0.39 is 12.1 Å². The lowest BCUT2D eigenvalue weighted by Gasteiger charge is -2.11. The molecular weight excluding hydrogens is 646 g/mol. The Morgan fingerprint density at radius 2 is 1.91 bits per heavy atom. The van der Waals surface area contributed by atoms with Crippen molar-refractivity contribution >= 4 is 63.6 Å². The number of aliphatic carboxylic acids is 1. The molecule has 3 aromatic heterocycles. The first-order chi connectivity index (χ1) is 20.7. The number of halogens is 5. The molecule has 0 bridgehead atoms. The number of carbonyl (C=O) groups is 2. The number of nitrogen functional groups attached to an aromatic ring is 1. The monoisotopic (exact) mass is 671 g/mol. The highest BCUT2D eigenvalue weighted by Crippen LogP contribution is 2.31. The standard InChI is InChI=1S/C24H25Cl2N9OS.C2HF3O2/c1-34(2)9-8-30-24(36)17-11-19-23(29-7-3-4-21-32-22(28)20(12-27)37-21)31-18(13-35(19)33-17)15-6-5-14(25)10-16(15)26;3-2(4,5)1(6)7/h5-6,10-11,13H,3-4,7-9,28H2,1-2H3,(H,29,31)(H,30,36);(H,6,7). The summed E-state index contributed by atoms with van der Waals surface area (Å²) in [7, 11) is 3.88.